The van der Waals surface area contributed by atoms with Crippen LogP contribution in [0.3, 0.4) is 0 Å². The average Bonchev–Trinajstić information content (AvgIpc) is 2.59. The SMILES string of the molecule is NCCCC(=O)N1Cc2cc(Cl)ccc2CC1c1ccccc1. The number of rotatable bonds is 4. The second-order valence-corrected chi connectivity index (χ2v) is 6.39. The molecule has 0 fully saturated rings. The Morgan fingerprint density at radius 3 is 2.70 bits per heavy atom. The zero-order valence-electron chi connectivity index (χ0n) is 13.0. The normalized spacial score (nSPS) is 17.0. The summed E-state index contributed by atoms with van der Waals surface area (Å²) in [6, 6.07) is 16.3. The van der Waals surface area contributed by atoms with Gasteiger partial charge in [0.1, 0.15) is 0 Å². The highest BCUT2D eigenvalue weighted by molar-refractivity contribution is 6.30. The number of carbonyl (C=O) groups excluding carboxylic acids is 1. The van der Waals surface area contributed by atoms with Crippen LogP contribution in [-0.4, -0.2) is 17.4 Å². The number of halogens is 1. The molecule has 1 aliphatic heterocycles. The highest BCUT2D eigenvalue weighted by atomic mass is 35.5. The molecule has 0 aliphatic carbocycles. The van der Waals surface area contributed by atoms with E-state index in [9.17, 15) is 4.79 Å². The Bertz CT molecular complexity index is 687. The quantitative estimate of drug-likeness (QED) is 0.930. The van der Waals surface area contributed by atoms with Crippen molar-refractivity contribution in [2.75, 3.05) is 6.54 Å². The number of hydrogen-bond donors (Lipinski definition) is 1. The van der Waals surface area contributed by atoms with Gasteiger partial charge in [-0.25, -0.2) is 0 Å². The van der Waals surface area contributed by atoms with Gasteiger partial charge in [0.25, 0.3) is 0 Å². The average molecular weight is 329 g/mol. The van der Waals surface area contributed by atoms with Gasteiger partial charge < -0.3 is 10.6 Å². The maximum Gasteiger partial charge on any atom is 0.223 e. The molecule has 0 saturated carbocycles. The Morgan fingerprint density at radius 2 is 1.96 bits per heavy atom. The van der Waals surface area contributed by atoms with E-state index >= 15 is 0 Å². The van der Waals surface area contributed by atoms with Crippen molar-refractivity contribution in [1.29, 1.82) is 0 Å². The lowest BCUT2D eigenvalue weighted by atomic mass is 9.89. The fourth-order valence-corrected chi connectivity index (χ4v) is 3.38. The number of nitrogens with two attached hydrogens (primary N) is 1. The number of amides is 1. The van der Waals surface area contributed by atoms with Crippen LogP contribution < -0.4 is 5.73 Å². The summed E-state index contributed by atoms with van der Waals surface area (Å²) in [5.41, 5.74) is 9.15. The molecule has 1 heterocycles. The van der Waals surface area contributed by atoms with Crippen molar-refractivity contribution in [3.05, 3.63) is 70.2 Å². The van der Waals surface area contributed by atoms with Crippen molar-refractivity contribution in [2.24, 2.45) is 5.73 Å². The Kier molecular flexibility index (Phi) is 4.99. The predicted molar refractivity (Wildman–Crippen MR) is 93.2 cm³/mol. The first-order valence-corrected chi connectivity index (χ1v) is 8.38. The molecule has 2 N–H and O–H groups in total. The minimum absolute atomic E-state index is 0.0788. The van der Waals surface area contributed by atoms with Crippen molar-refractivity contribution >= 4 is 17.5 Å². The standard InChI is InChI=1S/C19H21ClN2O/c20-17-9-8-15-12-18(14-5-2-1-3-6-14)22(13-16(15)11-17)19(23)7-4-10-21/h1-3,5-6,8-9,11,18H,4,7,10,12-13,21H2. The molecule has 0 aromatic heterocycles. The van der Waals surface area contributed by atoms with Crippen molar-refractivity contribution < 1.29 is 4.79 Å². The second-order valence-electron chi connectivity index (χ2n) is 5.96. The summed E-state index contributed by atoms with van der Waals surface area (Å²) in [6.07, 6.45) is 2.04. The van der Waals surface area contributed by atoms with Crippen LogP contribution >= 0.6 is 11.6 Å². The van der Waals surface area contributed by atoms with E-state index in [4.69, 9.17) is 17.3 Å². The van der Waals surface area contributed by atoms with E-state index in [1.807, 2.05) is 35.2 Å². The predicted octanol–water partition coefficient (Wildman–Crippen LogP) is 3.70. The van der Waals surface area contributed by atoms with Crippen LogP contribution in [0.25, 0.3) is 0 Å². The summed E-state index contributed by atoms with van der Waals surface area (Å²) in [7, 11) is 0. The lowest BCUT2D eigenvalue weighted by Crippen LogP contribution is -2.39. The Morgan fingerprint density at radius 1 is 1.17 bits per heavy atom. The summed E-state index contributed by atoms with van der Waals surface area (Å²) in [5.74, 6) is 0.162. The van der Waals surface area contributed by atoms with Gasteiger partial charge in [0.15, 0.2) is 0 Å². The third kappa shape index (κ3) is 3.57. The molecule has 2 aromatic rings. The minimum atomic E-state index is 0.0788. The molecular weight excluding hydrogens is 308 g/mol. The second kappa shape index (κ2) is 7.16. The number of hydrogen-bond acceptors (Lipinski definition) is 2. The first-order chi connectivity index (χ1) is 11.2. The number of benzene rings is 2. The molecule has 3 nitrogen and oxygen atoms in total. The minimum Gasteiger partial charge on any atom is -0.331 e. The van der Waals surface area contributed by atoms with Crippen LogP contribution in [0.5, 0.6) is 0 Å². The molecule has 3 rings (SSSR count). The maximum atomic E-state index is 12.7. The van der Waals surface area contributed by atoms with Gasteiger partial charge in [-0.1, -0.05) is 48.0 Å². The smallest absolute Gasteiger partial charge is 0.223 e. The van der Waals surface area contributed by atoms with Gasteiger partial charge >= 0.3 is 0 Å². The Labute approximate surface area is 142 Å². The molecule has 0 radical (unpaired) electrons. The van der Waals surface area contributed by atoms with Crippen molar-refractivity contribution in [1.82, 2.24) is 4.90 Å². The lowest BCUT2D eigenvalue weighted by molar-refractivity contribution is -0.135. The summed E-state index contributed by atoms with van der Waals surface area (Å²) in [5, 5.41) is 0.719. The third-order valence-electron chi connectivity index (χ3n) is 4.40. The molecule has 0 bridgehead atoms. The van der Waals surface area contributed by atoms with E-state index in [-0.39, 0.29) is 11.9 Å². The fraction of sp³-hybridized carbons (Fsp3) is 0.316. The summed E-state index contributed by atoms with van der Waals surface area (Å²) >= 11 is 6.12. The van der Waals surface area contributed by atoms with E-state index < -0.39 is 0 Å². The van der Waals surface area contributed by atoms with Crippen LogP contribution in [-0.2, 0) is 17.8 Å². The Balaban J connectivity index is 1.94. The van der Waals surface area contributed by atoms with E-state index in [1.54, 1.807) is 0 Å². The van der Waals surface area contributed by atoms with Crippen LogP contribution in [0, 0.1) is 0 Å². The van der Waals surface area contributed by atoms with Crippen LogP contribution in [0.15, 0.2) is 48.5 Å². The van der Waals surface area contributed by atoms with Gasteiger partial charge in [-0.15, -0.1) is 0 Å². The molecule has 2 aromatic carbocycles. The van der Waals surface area contributed by atoms with Crippen molar-refractivity contribution in [3.8, 4) is 0 Å². The zero-order chi connectivity index (χ0) is 16.2. The molecule has 0 spiro atoms. The van der Waals surface area contributed by atoms with E-state index in [2.05, 4.69) is 18.2 Å². The van der Waals surface area contributed by atoms with E-state index in [1.165, 1.54) is 11.1 Å². The Hall–Kier alpha value is -1.84. The van der Waals surface area contributed by atoms with E-state index in [0.29, 0.717) is 19.5 Å². The molecule has 1 atom stereocenters. The molecular formula is C19H21ClN2O. The summed E-state index contributed by atoms with van der Waals surface area (Å²) in [4.78, 5) is 14.6. The lowest BCUT2D eigenvalue weighted by Gasteiger charge is -2.37. The van der Waals surface area contributed by atoms with Crippen LogP contribution in [0.4, 0.5) is 0 Å². The molecule has 23 heavy (non-hydrogen) atoms. The summed E-state index contributed by atoms with van der Waals surface area (Å²) in [6.45, 7) is 1.15. The highest BCUT2D eigenvalue weighted by Gasteiger charge is 2.30. The van der Waals surface area contributed by atoms with Gasteiger partial charge in [-0.05, 0) is 48.2 Å². The van der Waals surface area contributed by atoms with Gasteiger partial charge in [-0.3, -0.25) is 4.79 Å². The molecule has 1 amide bonds. The largest absolute Gasteiger partial charge is 0.331 e. The number of carbonyl (C=O) groups is 1. The topological polar surface area (TPSA) is 46.3 Å². The maximum absolute atomic E-state index is 12.7. The van der Waals surface area contributed by atoms with E-state index in [0.717, 1.165) is 23.4 Å². The van der Waals surface area contributed by atoms with Crippen LogP contribution in [0.1, 0.15) is 35.6 Å². The molecule has 1 unspecified atom stereocenters. The molecule has 4 heteroatoms. The first-order valence-electron chi connectivity index (χ1n) is 8.01. The van der Waals surface area contributed by atoms with Gasteiger partial charge in [0.2, 0.25) is 5.91 Å². The van der Waals surface area contributed by atoms with Gasteiger partial charge in [0, 0.05) is 18.0 Å². The third-order valence-corrected chi connectivity index (χ3v) is 4.63. The highest BCUT2D eigenvalue weighted by Crippen LogP contribution is 2.34. The number of fused-ring (bicyclic) bond motifs is 1. The first kappa shape index (κ1) is 16.0. The molecule has 0 saturated heterocycles. The summed E-state index contributed by atoms with van der Waals surface area (Å²) < 4.78 is 0. The van der Waals surface area contributed by atoms with Gasteiger partial charge in [0.05, 0.1) is 6.04 Å². The zero-order valence-corrected chi connectivity index (χ0v) is 13.8. The monoisotopic (exact) mass is 328 g/mol. The van der Waals surface area contributed by atoms with Crippen molar-refractivity contribution in [2.45, 2.75) is 31.8 Å². The number of nitrogens with zero attached hydrogens (tertiary/aromatic N) is 1. The molecule has 1 aliphatic rings. The van der Waals surface area contributed by atoms with Gasteiger partial charge in [-0.2, -0.15) is 0 Å². The fourth-order valence-electron chi connectivity index (χ4n) is 3.18. The van der Waals surface area contributed by atoms with Crippen LogP contribution in [0.2, 0.25) is 5.02 Å². The van der Waals surface area contributed by atoms with Crippen molar-refractivity contribution in [3.63, 3.8) is 0 Å². The molecule has 120 valence electrons.